The lowest BCUT2D eigenvalue weighted by Gasteiger charge is -2.41. The van der Waals surface area contributed by atoms with Crippen molar-refractivity contribution >= 4 is 40.0 Å². The highest BCUT2D eigenvalue weighted by atomic mass is 32.2. The maximum Gasteiger partial charge on any atom is 0.135 e. The van der Waals surface area contributed by atoms with Crippen molar-refractivity contribution < 1.29 is 4.39 Å². The number of pyridine rings is 1. The van der Waals surface area contributed by atoms with Crippen LogP contribution in [-0.4, -0.2) is 59.5 Å². The Labute approximate surface area is 167 Å². The summed E-state index contributed by atoms with van der Waals surface area (Å²) in [6.45, 7) is 4.98. The molecule has 0 bridgehead atoms. The molecule has 7 heteroatoms. The summed E-state index contributed by atoms with van der Waals surface area (Å²) in [5.41, 5.74) is 2.20. The molecule has 2 aromatic heterocycles. The topological polar surface area (TPSA) is 31.4 Å². The number of aromatic nitrogens is 1. The number of halogens is 1. The third kappa shape index (κ3) is 3.60. The zero-order valence-electron chi connectivity index (χ0n) is 16.0. The van der Waals surface area contributed by atoms with Gasteiger partial charge in [0.1, 0.15) is 10.8 Å². The van der Waals surface area contributed by atoms with Crippen molar-refractivity contribution in [2.75, 3.05) is 44.0 Å². The van der Waals surface area contributed by atoms with Crippen molar-refractivity contribution in [3.8, 4) is 0 Å². The Morgan fingerprint density at radius 3 is 3.07 bits per heavy atom. The zero-order valence-corrected chi connectivity index (χ0v) is 17.6. The van der Waals surface area contributed by atoms with Gasteiger partial charge in [-0.15, -0.1) is 11.3 Å². The third-order valence-corrected chi connectivity index (χ3v) is 6.99. The van der Waals surface area contributed by atoms with Crippen LogP contribution < -0.4 is 15.9 Å². The lowest BCUT2D eigenvalue weighted by atomic mass is 10.1. The van der Waals surface area contributed by atoms with E-state index in [1.165, 1.54) is 10.9 Å². The van der Waals surface area contributed by atoms with Gasteiger partial charge < -0.3 is 10.2 Å². The fourth-order valence-corrected chi connectivity index (χ4v) is 5.26. The minimum atomic E-state index is -0.232. The number of likely N-dealkylation sites (N-methyl/N-ethyl adjacent to an activating group) is 1. The average Bonchev–Trinajstić information content (AvgIpc) is 2.94. The Kier molecular flexibility index (Phi) is 5.43. The quantitative estimate of drug-likeness (QED) is 0.845. The van der Waals surface area contributed by atoms with Gasteiger partial charge in [0.15, 0.2) is 0 Å². The van der Waals surface area contributed by atoms with E-state index in [2.05, 4.69) is 46.4 Å². The highest BCUT2D eigenvalue weighted by Gasteiger charge is 2.29. The number of anilines is 1. The predicted molar refractivity (Wildman–Crippen MR) is 114 cm³/mol. The van der Waals surface area contributed by atoms with E-state index in [9.17, 15) is 4.39 Å². The Morgan fingerprint density at radius 1 is 1.41 bits per heavy atom. The summed E-state index contributed by atoms with van der Waals surface area (Å²) in [5, 5.41) is 5.68. The molecule has 144 valence electrons. The number of nitrogens with zero attached hydrogens (tertiary/aromatic N) is 3. The van der Waals surface area contributed by atoms with E-state index < -0.39 is 0 Å². The minimum absolute atomic E-state index is 0.232. The largest absolute Gasteiger partial charge is 0.366 e. The maximum absolute atomic E-state index is 14.6. The molecule has 1 atom stereocenters. The number of piperazine rings is 1. The van der Waals surface area contributed by atoms with E-state index in [-0.39, 0.29) is 5.82 Å². The summed E-state index contributed by atoms with van der Waals surface area (Å²) in [6.07, 6.45) is 6.66. The number of aryl methyl sites for hydroxylation is 1. The van der Waals surface area contributed by atoms with Crippen LogP contribution in [0.4, 0.5) is 9.39 Å². The number of thioether (sulfide) groups is 1. The van der Waals surface area contributed by atoms with E-state index in [1.54, 1.807) is 23.7 Å². The fourth-order valence-electron chi connectivity index (χ4n) is 3.87. The monoisotopic (exact) mass is 404 g/mol. The van der Waals surface area contributed by atoms with E-state index >= 15 is 0 Å². The number of fused-ring (bicyclic) bond motifs is 2. The van der Waals surface area contributed by atoms with Crippen LogP contribution in [0.3, 0.4) is 0 Å². The molecule has 0 amide bonds. The lowest BCUT2D eigenvalue weighted by molar-refractivity contribution is 0.132. The molecule has 2 aliphatic rings. The van der Waals surface area contributed by atoms with Crippen molar-refractivity contribution in [1.29, 1.82) is 0 Å². The second-order valence-electron chi connectivity index (χ2n) is 7.15. The SMILES string of the molecule is CSCCC1CN(C2=c3nccc(F)c3=CNc3sc(C)cc32)CCN1C. The number of rotatable bonds is 4. The van der Waals surface area contributed by atoms with Gasteiger partial charge in [0.2, 0.25) is 0 Å². The lowest BCUT2D eigenvalue weighted by Crippen LogP contribution is -2.52. The van der Waals surface area contributed by atoms with Gasteiger partial charge in [0.05, 0.1) is 16.3 Å². The van der Waals surface area contributed by atoms with E-state index in [1.807, 2.05) is 11.8 Å². The number of hydrogen-bond donors (Lipinski definition) is 1. The summed E-state index contributed by atoms with van der Waals surface area (Å²) >= 11 is 3.60. The molecule has 4 rings (SSSR count). The molecule has 1 N–H and O–H groups in total. The molecule has 0 aromatic carbocycles. The standard InChI is InChI=1S/C20H25FN4S2/c1-13-10-15-19(25-8-7-24(2)14(12-25)5-9-26-3)18-16(11-23-20(15)27-13)17(21)4-6-22-18/h4,6,10-11,14,23H,5,7-9,12H2,1-3H3. The minimum Gasteiger partial charge on any atom is -0.366 e. The van der Waals surface area contributed by atoms with E-state index in [0.29, 0.717) is 11.3 Å². The molecule has 1 unspecified atom stereocenters. The molecule has 2 aliphatic heterocycles. The van der Waals surface area contributed by atoms with E-state index in [4.69, 9.17) is 0 Å². The molecule has 2 aromatic rings. The van der Waals surface area contributed by atoms with Crippen molar-refractivity contribution in [3.05, 3.63) is 45.2 Å². The van der Waals surface area contributed by atoms with Gasteiger partial charge in [-0.3, -0.25) is 9.88 Å². The first kappa shape index (κ1) is 18.8. The molecule has 4 heterocycles. The number of hydrogen-bond acceptors (Lipinski definition) is 6. The van der Waals surface area contributed by atoms with Crippen LogP contribution in [0.5, 0.6) is 0 Å². The summed E-state index contributed by atoms with van der Waals surface area (Å²) < 4.78 is 14.6. The summed E-state index contributed by atoms with van der Waals surface area (Å²) in [7, 11) is 2.21. The van der Waals surface area contributed by atoms with Crippen molar-refractivity contribution in [2.45, 2.75) is 19.4 Å². The van der Waals surface area contributed by atoms with Gasteiger partial charge >= 0.3 is 0 Å². The highest BCUT2D eigenvalue weighted by Crippen LogP contribution is 2.35. The van der Waals surface area contributed by atoms with Crippen molar-refractivity contribution in [1.82, 2.24) is 14.8 Å². The first-order valence-corrected chi connectivity index (χ1v) is 11.5. The second-order valence-corrected chi connectivity index (χ2v) is 9.40. The summed E-state index contributed by atoms with van der Waals surface area (Å²) in [5.74, 6) is 0.921. The molecule has 0 aliphatic carbocycles. The first-order valence-electron chi connectivity index (χ1n) is 9.25. The molecule has 4 nitrogen and oxygen atoms in total. The third-order valence-electron chi connectivity index (χ3n) is 5.37. The molecular weight excluding hydrogens is 379 g/mol. The number of thiophene rings is 1. The first-order chi connectivity index (χ1) is 13.1. The van der Waals surface area contributed by atoms with Crippen molar-refractivity contribution in [3.63, 3.8) is 0 Å². The Bertz CT molecular complexity index is 955. The van der Waals surface area contributed by atoms with Crippen LogP contribution in [0.2, 0.25) is 0 Å². The van der Waals surface area contributed by atoms with Gasteiger partial charge in [0, 0.05) is 48.5 Å². The van der Waals surface area contributed by atoms with Crippen LogP contribution in [0, 0.1) is 12.7 Å². The highest BCUT2D eigenvalue weighted by molar-refractivity contribution is 7.98. The zero-order chi connectivity index (χ0) is 19.0. The molecule has 1 saturated heterocycles. The summed E-state index contributed by atoms with van der Waals surface area (Å²) in [4.78, 5) is 10.7. The van der Waals surface area contributed by atoms with Gasteiger partial charge in [-0.25, -0.2) is 4.39 Å². The molecule has 0 radical (unpaired) electrons. The van der Waals surface area contributed by atoms with Gasteiger partial charge in [-0.05, 0) is 44.5 Å². The van der Waals surface area contributed by atoms with Crippen LogP contribution in [0.25, 0.3) is 11.9 Å². The average molecular weight is 405 g/mol. The van der Waals surface area contributed by atoms with Crippen LogP contribution in [-0.2, 0) is 0 Å². The molecule has 0 saturated carbocycles. The molecular formula is C20H25FN4S2. The Hall–Kier alpha value is -1.57. The Morgan fingerprint density at radius 2 is 2.26 bits per heavy atom. The van der Waals surface area contributed by atoms with E-state index in [0.717, 1.165) is 53.4 Å². The second kappa shape index (κ2) is 7.81. The molecule has 27 heavy (non-hydrogen) atoms. The van der Waals surface area contributed by atoms with Crippen LogP contribution >= 0.6 is 23.1 Å². The van der Waals surface area contributed by atoms with Crippen LogP contribution in [0.1, 0.15) is 16.9 Å². The van der Waals surface area contributed by atoms with Gasteiger partial charge in [-0.1, -0.05) is 0 Å². The normalized spacial score (nSPS) is 19.8. The maximum atomic E-state index is 14.6. The Balaban J connectivity index is 1.84. The van der Waals surface area contributed by atoms with Crippen LogP contribution in [0.15, 0.2) is 18.3 Å². The smallest absolute Gasteiger partial charge is 0.135 e. The number of nitrogens with one attached hydrogen (secondary N) is 1. The fraction of sp³-hybridized carbons (Fsp3) is 0.450. The van der Waals surface area contributed by atoms with Crippen molar-refractivity contribution in [2.24, 2.45) is 0 Å². The molecule has 0 spiro atoms. The predicted octanol–water partition coefficient (Wildman–Crippen LogP) is 2.28. The van der Waals surface area contributed by atoms with Gasteiger partial charge in [0.25, 0.3) is 0 Å². The molecule has 1 fully saturated rings. The summed E-state index contributed by atoms with van der Waals surface area (Å²) in [6, 6.07) is 4.14. The van der Waals surface area contributed by atoms with Gasteiger partial charge in [-0.2, -0.15) is 11.8 Å².